The van der Waals surface area contributed by atoms with E-state index in [4.69, 9.17) is 10.5 Å². The average molecular weight is 313 g/mol. The van der Waals surface area contributed by atoms with Gasteiger partial charge in [-0.05, 0) is 49.1 Å². The number of rotatable bonds is 6. The molecule has 1 aliphatic carbocycles. The Hall–Kier alpha value is -2.50. The van der Waals surface area contributed by atoms with Gasteiger partial charge in [-0.25, -0.2) is 9.67 Å². The van der Waals surface area contributed by atoms with Crippen LogP contribution in [-0.2, 0) is 6.54 Å². The quantitative estimate of drug-likeness (QED) is 0.632. The van der Waals surface area contributed by atoms with Crippen LogP contribution in [0.5, 0.6) is 5.75 Å². The largest absolute Gasteiger partial charge is 0.497 e. The molecule has 0 unspecified atom stereocenters. The molecular weight excluding hydrogens is 290 g/mol. The fraction of sp³-hybridized carbons (Fsp3) is 0.412. The second-order valence-corrected chi connectivity index (χ2v) is 5.83. The molecule has 0 radical (unpaired) electrons. The number of methoxy groups -OCH3 is 1. The smallest absolute Gasteiger partial charge is 0.188 e. The van der Waals surface area contributed by atoms with Crippen molar-refractivity contribution in [2.24, 2.45) is 16.6 Å². The van der Waals surface area contributed by atoms with E-state index in [0.717, 1.165) is 29.6 Å². The van der Waals surface area contributed by atoms with Crippen molar-refractivity contribution in [2.75, 3.05) is 13.7 Å². The van der Waals surface area contributed by atoms with Crippen molar-refractivity contribution < 1.29 is 4.74 Å². The van der Waals surface area contributed by atoms with Gasteiger partial charge in [0.05, 0.1) is 25.0 Å². The first-order chi connectivity index (χ1) is 11.2. The molecular formula is C17H23N5O. The number of aliphatic imine (C=N–C) groups is 1. The molecule has 1 aromatic heterocycles. The molecule has 0 atom stereocenters. The third-order valence-electron chi connectivity index (χ3n) is 4.19. The molecule has 23 heavy (non-hydrogen) atoms. The summed E-state index contributed by atoms with van der Waals surface area (Å²) in [5.41, 5.74) is 7.76. The molecule has 0 bridgehead atoms. The average Bonchev–Trinajstić information content (AvgIpc) is 3.00. The maximum Gasteiger partial charge on any atom is 0.188 e. The summed E-state index contributed by atoms with van der Waals surface area (Å²) in [4.78, 5) is 4.35. The van der Waals surface area contributed by atoms with Crippen molar-refractivity contribution >= 4 is 5.96 Å². The first kappa shape index (κ1) is 15.4. The number of nitrogens with one attached hydrogen (secondary N) is 1. The van der Waals surface area contributed by atoms with Crippen LogP contribution in [0.4, 0.5) is 0 Å². The fourth-order valence-electron chi connectivity index (χ4n) is 2.49. The van der Waals surface area contributed by atoms with E-state index in [-0.39, 0.29) is 0 Å². The van der Waals surface area contributed by atoms with Crippen LogP contribution in [0.15, 0.2) is 41.5 Å². The van der Waals surface area contributed by atoms with Crippen LogP contribution in [0.1, 0.15) is 25.0 Å². The summed E-state index contributed by atoms with van der Waals surface area (Å²) in [7, 11) is 1.66. The van der Waals surface area contributed by atoms with Crippen LogP contribution >= 0.6 is 0 Å². The zero-order valence-corrected chi connectivity index (χ0v) is 13.4. The van der Waals surface area contributed by atoms with Gasteiger partial charge >= 0.3 is 0 Å². The lowest BCUT2D eigenvalue weighted by molar-refractivity contribution is 0.315. The Balaban J connectivity index is 1.55. The Labute approximate surface area is 136 Å². The van der Waals surface area contributed by atoms with Gasteiger partial charge in [-0.3, -0.25) is 0 Å². The lowest BCUT2D eigenvalue weighted by Crippen LogP contribution is -2.37. The summed E-state index contributed by atoms with van der Waals surface area (Å²) in [6, 6.07) is 9.71. The zero-order chi connectivity index (χ0) is 16.1. The van der Waals surface area contributed by atoms with Crippen LogP contribution in [-0.4, -0.2) is 29.4 Å². The molecule has 0 amide bonds. The van der Waals surface area contributed by atoms with Gasteiger partial charge in [0.15, 0.2) is 5.96 Å². The maximum absolute atomic E-state index is 5.89. The molecule has 0 saturated heterocycles. The fourth-order valence-corrected chi connectivity index (χ4v) is 2.49. The Kier molecular flexibility index (Phi) is 4.80. The zero-order valence-electron chi connectivity index (χ0n) is 13.4. The number of hydrogen-bond donors (Lipinski definition) is 2. The lowest BCUT2D eigenvalue weighted by Gasteiger charge is -2.25. The van der Waals surface area contributed by atoms with E-state index in [9.17, 15) is 0 Å². The van der Waals surface area contributed by atoms with Crippen LogP contribution in [0, 0.1) is 5.92 Å². The molecule has 6 nitrogen and oxygen atoms in total. The SMILES string of the molecule is COc1ccc(-n2ccc(CN=C(N)NCC3CCC3)n2)cc1. The minimum atomic E-state index is 0.479. The molecule has 122 valence electrons. The highest BCUT2D eigenvalue weighted by Crippen LogP contribution is 2.25. The molecule has 2 aromatic rings. The topological polar surface area (TPSA) is 77.5 Å². The number of aromatic nitrogens is 2. The summed E-state index contributed by atoms with van der Waals surface area (Å²) >= 11 is 0. The van der Waals surface area contributed by atoms with Crippen molar-refractivity contribution in [1.82, 2.24) is 15.1 Å². The van der Waals surface area contributed by atoms with Gasteiger partial charge < -0.3 is 15.8 Å². The van der Waals surface area contributed by atoms with E-state index < -0.39 is 0 Å². The van der Waals surface area contributed by atoms with Crippen molar-refractivity contribution in [2.45, 2.75) is 25.8 Å². The first-order valence-electron chi connectivity index (χ1n) is 7.97. The van der Waals surface area contributed by atoms with E-state index in [1.807, 2.05) is 41.2 Å². The van der Waals surface area contributed by atoms with Crippen LogP contribution in [0.2, 0.25) is 0 Å². The van der Waals surface area contributed by atoms with Gasteiger partial charge in [0.1, 0.15) is 5.75 Å². The highest BCUT2D eigenvalue weighted by atomic mass is 16.5. The van der Waals surface area contributed by atoms with Gasteiger partial charge in [-0.2, -0.15) is 5.10 Å². The molecule has 3 N–H and O–H groups in total. The Morgan fingerprint density at radius 3 is 2.78 bits per heavy atom. The maximum atomic E-state index is 5.89. The molecule has 1 aromatic carbocycles. The summed E-state index contributed by atoms with van der Waals surface area (Å²) in [5, 5.41) is 7.70. The van der Waals surface area contributed by atoms with Gasteiger partial charge in [0.2, 0.25) is 0 Å². The molecule has 1 saturated carbocycles. The highest BCUT2D eigenvalue weighted by Gasteiger charge is 2.16. The summed E-state index contributed by atoms with van der Waals surface area (Å²) in [6.45, 7) is 1.41. The third-order valence-corrected chi connectivity index (χ3v) is 4.19. The van der Waals surface area contributed by atoms with E-state index in [1.54, 1.807) is 7.11 Å². The standard InChI is InChI=1S/C17H23N5O/c1-23-16-7-5-15(6-8-16)22-10-9-14(21-22)12-20-17(18)19-11-13-3-2-4-13/h5-10,13H,2-4,11-12H2,1H3,(H3,18,19,20). The van der Waals surface area contributed by atoms with Crippen LogP contribution in [0.3, 0.4) is 0 Å². The van der Waals surface area contributed by atoms with Gasteiger partial charge in [-0.1, -0.05) is 6.42 Å². The van der Waals surface area contributed by atoms with E-state index >= 15 is 0 Å². The predicted octanol–water partition coefficient (Wildman–Crippen LogP) is 2.09. The predicted molar refractivity (Wildman–Crippen MR) is 90.8 cm³/mol. The number of ether oxygens (including phenoxy) is 1. The number of nitrogens with zero attached hydrogens (tertiary/aromatic N) is 3. The molecule has 1 fully saturated rings. The van der Waals surface area contributed by atoms with Crippen LogP contribution in [0.25, 0.3) is 5.69 Å². The second-order valence-electron chi connectivity index (χ2n) is 5.83. The Morgan fingerprint density at radius 1 is 1.35 bits per heavy atom. The van der Waals surface area contributed by atoms with Crippen molar-refractivity contribution in [3.05, 3.63) is 42.2 Å². The van der Waals surface area contributed by atoms with E-state index in [1.165, 1.54) is 19.3 Å². The van der Waals surface area contributed by atoms with Crippen molar-refractivity contribution in [1.29, 1.82) is 0 Å². The van der Waals surface area contributed by atoms with E-state index in [0.29, 0.717) is 12.5 Å². The second kappa shape index (κ2) is 7.17. The molecule has 1 heterocycles. The summed E-state index contributed by atoms with van der Waals surface area (Å²) in [5.74, 6) is 2.09. The molecule has 1 aliphatic rings. The van der Waals surface area contributed by atoms with Gasteiger partial charge in [-0.15, -0.1) is 0 Å². The van der Waals surface area contributed by atoms with Gasteiger partial charge in [0, 0.05) is 12.7 Å². The summed E-state index contributed by atoms with van der Waals surface area (Å²) in [6.07, 6.45) is 5.86. The number of hydrogen-bond acceptors (Lipinski definition) is 3. The highest BCUT2D eigenvalue weighted by molar-refractivity contribution is 5.77. The molecule has 0 aliphatic heterocycles. The van der Waals surface area contributed by atoms with Crippen molar-refractivity contribution in [3.8, 4) is 11.4 Å². The number of guanidine groups is 1. The normalized spacial score (nSPS) is 15.3. The number of nitrogens with two attached hydrogens (primary N) is 1. The molecule has 0 spiro atoms. The first-order valence-corrected chi connectivity index (χ1v) is 7.97. The monoisotopic (exact) mass is 313 g/mol. The summed E-state index contributed by atoms with van der Waals surface area (Å²) < 4.78 is 6.98. The third kappa shape index (κ3) is 4.03. The van der Waals surface area contributed by atoms with E-state index in [2.05, 4.69) is 15.4 Å². The minimum absolute atomic E-state index is 0.479. The van der Waals surface area contributed by atoms with Gasteiger partial charge in [0.25, 0.3) is 0 Å². The minimum Gasteiger partial charge on any atom is -0.497 e. The Morgan fingerprint density at radius 2 is 2.13 bits per heavy atom. The van der Waals surface area contributed by atoms with Crippen molar-refractivity contribution in [3.63, 3.8) is 0 Å². The Bertz CT molecular complexity index is 658. The molecule has 6 heteroatoms. The number of benzene rings is 1. The van der Waals surface area contributed by atoms with Crippen LogP contribution < -0.4 is 15.8 Å². The lowest BCUT2D eigenvalue weighted by atomic mass is 9.85. The molecule has 3 rings (SSSR count).